The van der Waals surface area contributed by atoms with Gasteiger partial charge in [0.25, 0.3) is 0 Å². The van der Waals surface area contributed by atoms with Crippen molar-refractivity contribution in [3.05, 3.63) is 105 Å². The maximum Gasteiger partial charge on any atom is 0.226 e. The number of benzene rings is 3. The Morgan fingerprint density at radius 3 is 2.76 bits per heavy atom. The van der Waals surface area contributed by atoms with Gasteiger partial charge in [-0.1, -0.05) is 53.5 Å². The average molecular weight is 477 g/mol. The Balaban J connectivity index is 1.64. The van der Waals surface area contributed by atoms with Crippen LogP contribution in [-0.4, -0.2) is 21.9 Å². The third kappa shape index (κ3) is 3.25. The summed E-state index contributed by atoms with van der Waals surface area (Å²) in [5, 5.41) is 9.12. The molecule has 0 spiro atoms. The van der Waals surface area contributed by atoms with E-state index in [1.807, 2.05) is 65.3 Å². The van der Waals surface area contributed by atoms with E-state index in [4.69, 9.17) is 32.7 Å². The predicted octanol–water partition coefficient (Wildman–Crippen LogP) is 6.15. The molecule has 3 aromatic carbocycles. The average Bonchev–Trinajstić information content (AvgIpc) is 3.31. The van der Waals surface area contributed by atoms with E-state index in [2.05, 4.69) is 15.4 Å². The lowest BCUT2D eigenvalue weighted by Gasteiger charge is -2.39. The van der Waals surface area contributed by atoms with E-state index in [-0.39, 0.29) is 6.04 Å². The van der Waals surface area contributed by atoms with Crippen molar-refractivity contribution >= 4 is 34.8 Å². The minimum absolute atomic E-state index is 0.354. The first kappa shape index (κ1) is 20.1. The topological polar surface area (TPSA) is 61.2 Å². The van der Waals surface area contributed by atoms with Crippen LogP contribution in [0.4, 0.5) is 5.95 Å². The zero-order valence-electron chi connectivity index (χ0n) is 17.5. The quantitative estimate of drug-likeness (QED) is 0.383. The number of fused-ring (bicyclic) bond motifs is 3. The van der Waals surface area contributed by atoms with E-state index in [0.29, 0.717) is 16.0 Å². The number of para-hydroxylation sites is 1. The number of methoxy groups -OCH3 is 1. The molecule has 2 aliphatic rings. The maximum atomic E-state index is 6.72. The van der Waals surface area contributed by atoms with Gasteiger partial charge in [0.1, 0.15) is 30.0 Å². The summed E-state index contributed by atoms with van der Waals surface area (Å²) in [6.07, 6.45) is 1.12. The zero-order valence-corrected chi connectivity index (χ0v) is 19.0. The van der Waals surface area contributed by atoms with Gasteiger partial charge in [-0.15, -0.1) is 0 Å². The van der Waals surface area contributed by atoms with Gasteiger partial charge < -0.3 is 14.8 Å². The second-order valence-electron chi connectivity index (χ2n) is 7.82. The summed E-state index contributed by atoms with van der Waals surface area (Å²) >= 11 is 12.9. The van der Waals surface area contributed by atoms with Gasteiger partial charge in [0.15, 0.2) is 0 Å². The van der Waals surface area contributed by atoms with Crippen LogP contribution in [0.25, 0.3) is 5.70 Å². The van der Waals surface area contributed by atoms with E-state index >= 15 is 0 Å². The van der Waals surface area contributed by atoms with Gasteiger partial charge in [0.05, 0.1) is 12.8 Å². The number of halogens is 2. The minimum atomic E-state index is -0.411. The predicted molar refractivity (Wildman–Crippen MR) is 128 cm³/mol. The Morgan fingerprint density at radius 2 is 1.91 bits per heavy atom. The number of nitrogens with zero attached hydrogens (tertiary/aromatic N) is 3. The van der Waals surface area contributed by atoms with Crippen molar-refractivity contribution in [1.82, 2.24) is 14.8 Å². The van der Waals surface area contributed by atoms with Gasteiger partial charge in [-0.3, -0.25) is 0 Å². The largest absolute Gasteiger partial charge is 0.497 e. The van der Waals surface area contributed by atoms with Crippen LogP contribution < -0.4 is 14.8 Å². The molecule has 0 saturated heterocycles. The van der Waals surface area contributed by atoms with Gasteiger partial charge in [0, 0.05) is 26.7 Å². The molecule has 0 saturated carbocycles. The highest BCUT2D eigenvalue weighted by atomic mass is 35.5. The molecule has 6 rings (SSSR count). The van der Waals surface area contributed by atoms with Crippen molar-refractivity contribution < 1.29 is 9.47 Å². The molecule has 0 unspecified atom stereocenters. The molecule has 0 radical (unpaired) electrons. The highest BCUT2D eigenvalue weighted by Crippen LogP contribution is 2.51. The van der Waals surface area contributed by atoms with Crippen LogP contribution in [0.15, 0.2) is 78.6 Å². The van der Waals surface area contributed by atoms with Crippen LogP contribution in [0.5, 0.6) is 11.5 Å². The molecule has 6 nitrogen and oxygen atoms in total. The number of rotatable bonds is 3. The highest BCUT2D eigenvalue weighted by Gasteiger charge is 2.41. The SMILES string of the molecule is COc1cccc([C@@H]2Oc3ccccc3C3=C2[C@H](c2ccc(Cl)cc2Cl)n2ncnc2N3)c1. The summed E-state index contributed by atoms with van der Waals surface area (Å²) in [6, 6.07) is 21.0. The summed E-state index contributed by atoms with van der Waals surface area (Å²) in [4.78, 5) is 4.45. The first-order valence-electron chi connectivity index (χ1n) is 10.4. The number of ether oxygens (including phenoxy) is 2. The van der Waals surface area contributed by atoms with Crippen molar-refractivity contribution in [2.75, 3.05) is 12.4 Å². The van der Waals surface area contributed by atoms with Gasteiger partial charge in [-0.25, -0.2) is 4.68 Å². The first-order valence-corrected chi connectivity index (χ1v) is 11.1. The van der Waals surface area contributed by atoms with Crippen molar-refractivity contribution in [2.45, 2.75) is 12.1 Å². The normalized spacial score (nSPS) is 18.5. The molecule has 3 heterocycles. The zero-order chi connectivity index (χ0) is 22.5. The molecular formula is C25H18Cl2N4O2. The molecule has 0 fully saturated rings. The molecule has 0 aliphatic carbocycles. The molecule has 164 valence electrons. The van der Waals surface area contributed by atoms with Crippen LogP contribution >= 0.6 is 23.2 Å². The van der Waals surface area contributed by atoms with E-state index in [0.717, 1.165) is 39.5 Å². The highest BCUT2D eigenvalue weighted by molar-refractivity contribution is 6.35. The van der Waals surface area contributed by atoms with Crippen LogP contribution in [0.2, 0.25) is 10.0 Å². The van der Waals surface area contributed by atoms with Crippen molar-refractivity contribution in [3.8, 4) is 11.5 Å². The Hall–Kier alpha value is -3.48. The third-order valence-corrected chi connectivity index (χ3v) is 6.54. The molecule has 2 atom stereocenters. The van der Waals surface area contributed by atoms with Gasteiger partial charge in [-0.2, -0.15) is 10.1 Å². The summed E-state index contributed by atoms with van der Waals surface area (Å²) in [6.45, 7) is 0. The Kier molecular flexibility index (Phi) is 4.78. The van der Waals surface area contributed by atoms with Crippen LogP contribution in [0.3, 0.4) is 0 Å². The number of nitrogens with one attached hydrogen (secondary N) is 1. The van der Waals surface area contributed by atoms with Gasteiger partial charge >= 0.3 is 0 Å². The molecule has 2 aliphatic heterocycles. The fourth-order valence-corrected chi connectivity index (χ4v) is 5.03. The summed E-state index contributed by atoms with van der Waals surface area (Å²) < 4.78 is 13.9. The number of anilines is 1. The first-order chi connectivity index (χ1) is 16.1. The molecule has 4 aromatic rings. The smallest absolute Gasteiger partial charge is 0.226 e. The Bertz CT molecular complexity index is 1420. The number of hydrogen-bond acceptors (Lipinski definition) is 5. The van der Waals surface area contributed by atoms with Gasteiger partial charge in [0.2, 0.25) is 5.95 Å². The molecule has 1 N–H and O–H groups in total. The molecule has 1 aromatic heterocycles. The molecule has 8 heteroatoms. The second kappa shape index (κ2) is 7.83. The van der Waals surface area contributed by atoms with Crippen molar-refractivity contribution in [1.29, 1.82) is 0 Å². The Morgan fingerprint density at radius 1 is 1.03 bits per heavy atom. The third-order valence-electron chi connectivity index (χ3n) is 5.98. The molecule has 0 amide bonds. The lowest BCUT2D eigenvalue weighted by molar-refractivity contribution is 0.222. The second-order valence-corrected chi connectivity index (χ2v) is 8.67. The van der Waals surface area contributed by atoms with Crippen LogP contribution in [0, 0.1) is 0 Å². The van der Waals surface area contributed by atoms with E-state index in [1.54, 1.807) is 13.2 Å². The van der Waals surface area contributed by atoms with Crippen molar-refractivity contribution in [3.63, 3.8) is 0 Å². The lowest BCUT2D eigenvalue weighted by Crippen LogP contribution is -2.32. The fraction of sp³-hybridized carbons (Fsp3) is 0.120. The summed E-state index contributed by atoms with van der Waals surface area (Å²) in [5.74, 6) is 2.17. The summed E-state index contributed by atoms with van der Waals surface area (Å²) in [7, 11) is 1.65. The Labute approximate surface area is 200 Å². The standard InChI is InChI=1S/C25H18Cl2N4O2/c1-32-16-6-4-5-14(11-16)24-21-22(18-7-2-3-8-20(18)33-24)30-25-28-13-29-31(25)23(21)17-10-9-15(26)12-19(17)27/h2-13,23-24H,1H3,(H,28,29,30)/t23-,24-/m0/s1. The maximum absolute atomic E-state index is 6.72. The van der Waals surface area contributed by atoms with E-state index in [1.165, 1.54) is 6.33 Å². The van der Waals surface area contributed by atoms with Crippen LogP contribution in [0.1, 0.15) is 28.8 Å². The number of hydrogen-bond donors (Lipinski definition) is 1. The van der Waals surface area contributed by atoms with Crippen molar-refractivity contribution in [2.24, 2.45) is 0 Å². The fourth-order valence-electron chi connectivity index (χ4n) is 4.52. The van der Waals surface area contributed by atoms with Crippen LogP contribution in [-0.2, 0) is 0 Å². The van der Waals surface area contributed by atoms with Gasteiger partial charge in [-0.05, 0) is 42.0 Å². The molecular weight excluding hydrogens is 459 g/mol. The van der Waals surface area contributed by atoms with E-state index < -0.39 is 6.10 Å². The molecule has 33 heavy (non-hydrogen) atoms. The number of aromatic nitrogens is 3. The monoisotopic (exact) mass is 476 g/mol. The van der Waals surface area contributed by atoms with E-state index in [9.17, 15) is 0 Å². The minimum Gasteiger partial charge on any atom is -0.497 e. The lowest BCUT2D eigenvalue weighted by atomic mass is 9.84. The summed E-state index contributed by atoms with van der Waals surface area (Å²) in [5.41, 5.74) is 4.68. The molecule has 0 bridgehead atoms.